The predicted molar refractivity (Wildman–Crippen MR) is 147 cm³/mol. The lowest BCUT2D eigenvalue weighted by Gasteiger charge is -2.33. The smallest absolute Gasteiger partial charge is 0.274 e. The molecule has 10 heteroatoms. The number of ether oxygens (including phenoxy) is 1. The van der Waals surface area contributed by atoms with Crippen molar-refractivity contribution in [3.05, 3.63) is 73.1 Å². The van der Waals surface area contributed by atoms with Crippen molar-refractivity contribution in [1.29, 1.82) is 0 Å². The van der Waals surface area contributed by atoms with E-state index in [1.165, 1.54) is 30.7 Å². The van der Waals surface area contributed by atoms with Gasteiger partial charge in [0.25, 0.3) is 11.6 Å². The highest BCUT2D eigenvalue weighted by atomic mass is 35.5. The van der Waals surface area contributed by atoms with Crippen molar-refractivity contribution in [3.63, 3.8) is 0 Å². The van der Waals surface area contributed by atoms with E-state index in [1.807, 2.05) is 0 Å². The predicted octanol–water partition coefficient (Wildman–Crippen LogP) is 7.18. The number of halogens is 1. The highest BCUT2D eigenvalue weighted by Crippen LogP contribution is 2.45. The number of phenolic OH excluding ortho intramolecular Hbond substituents is 1. The first-order valence-corrected chi connectivity index (χ1v) is 13.0. The molecule has 1 atom stereocenters. The molecule has 3 aromatic rings. The molecule has 0 radical (unpaired) electrons. The number of anilines is 1. The van der Waals surface area contributed by atoms with Gasteiger partial charge in [-0.05, 0) is 60.4 Å². The Kier molecular flexibility index (Phi) is 7.57. The van der Waals surface area contributed by atoms with Gasteiger partial charge in [0.15, 0.2) is 11.5 Å². The Balaban J connectivity index is 1.76. The highest BCUT2D eigenvalue weighted by Gasteiger charge is 2.33. The van der Waals surface area contributed by atoms with Crippen LogP contribution in [0.3, 0.4) is 0 Å². The summed E-state index contributed by atoms with van der Waals surface area (Å²) in [7, 11) is 1.32. The summed E-state index contributed by atoms with van der Waals surface area (Å²) in [5, 5.41) is 25.9. The van der Waals surface area contributed by atoms with Crippen LogP contribution in [0.4, 0.5) is 16.4 Å². The molecule has 0 saturated heterocycles. The topological polar surface area (TPSA) is 114 Å². The zero-order valence-electron chi connectivity index (χ0n) is 21.0. The van der Waals surface area contributed by atoms with E-state index in [4.69, 9.17) is 16.3 Å². The minimum absolute atomic E-state index is 0.0325. The van der Waals surface area contributed by atoms with Crippen LogP contribution in [0, 0.1) is 21.4 Å². The van der Waals surface area contributed by atoms with Crippen molar-refractivity contribution in [2.24, 2.45) is 16.3 Å². The molecule has 0 fully saturated rings. The molecule has 2 N–H and O–H groups in total. The van der Waals surface area contributed by atoms with Crippen LogP contribution < -0.4 is 10.1 Å². The van der Waals surface area contributed by atoms with Gasteiger partial charge in [-0.3, -0.25) is 14.9 Å². The second kappa shape index (κ2) is 10.5. The largest absolute Gasteiger partial charge is 0.504 e. The number of benzene rings is 2. The summed E-state index contributed by atoms with van der Waals surface area (Å²) < 4.78 is 5.09. The molecule has 1 aliphatic carbocycles. The van der Waals surface area contributed by atoms with Crippen molar-refractivity contribution in [3.8, 4) is 11.5 Å². The Hall–Kier alpha value is -3.43. The van der Waals surface area contributed by atoms with Gasteiger partial charge in [-0.15, -0.1) is 11.3 Å². The fourth-order valence-electron chi connectivity index (χ4n) is 4.46. The third-order valence-corrected chi connectivity index (χ3v) is 8.06. The number of hydrogen-bond acceptors (Lipinski definition) is 7. The van der Waals surface area contributed by atoms with Crippen molar-refractivity contribution >= 4 is 51.4 Å². The Morgan fingerprint density at radius 1 is 1.30 bits per heavy atom. The average molecular weight is 542 g/mol. The van der Waals surface area contributed by atoms with Crippen molar-refractivity contribution < 1.29 is 19.6 Å². The van der Waals surface area contributed by atoms with Crippen LogP contribution in [0.1, 0.15) is 53.6 Å². The summed E-state index contributed by atoms with van der Waals surface area (Å²) >= 11 is 7.42. The van der Waals surface area contributed by atoms with Crippen LogP contribution in [0.2, 0.25) is 5.02 Å². The molecule has 0 spiro atoms. The number of rotatable bonds is 6. The highest BCUT2D eigenvalue weighted by molar-refractivity contribution is 7.16. The number of fused-ring (bicyclic) bond motifs is 1. The van der Waals surface area contributed by atoms with E-state index >= 15 is 0 Å². The molecule has 2 aromatic carbocycles. The molecule has 1 heterocycles. The third-order valence-electron chi connectivity index (χ3n) is 6.64. The van der Waals surface area contributed by atoms with Crippen molar-refractivity contribution in [1.82, 2.24) is 0 Å². The fourth-order valence-corrected chi connectivity index (χ4v) is 5.86. The monoisotopic (exact) mass is 541 g/mol. The lowest BCUT2D eigenvalue weighted by molar-refractivity contribution is -0.385. The van der Waals surface area contributed by atoms with Gasteiger partial charge in [0.1, 0.15) is 5.00 Å². The van der Waals surface area contributed by atoms with Crippen LogP contribution in [0.25, 0.3) is 0 Å². The summed E-state index contributed by atoms with van der Waals surface area (Å²) in [5.41, 5.74) is 2.07. The van der Waals surface area contributed by atoms with E-state index in [1.54, 1.807) is 24.3 Å². The van der Waals surface area contributed by atoms with E-state index in [0.717, 1.165) is 35.8 Å². The van der Waals surface area contributed by atoms with Gasteiger partial charge >= 0.3 is 0 Å². The molecule has 4 rings (SSSR count). The maximum atomic E-state index is 13.5. The lowest BCUT2D eigenvalue weighted by atomic mass is 9.72. The van der Waals surface area contributed by atoms with E-state index in [2.05, 4.69) is 31.1 Å². The number of nitro benzene ring substituents is 1. The first kappa shape index (κ1) is 26.6. The van der Waals surface area contributed by atoms with E-state index < -0.39 is 4.92 Å². The standard InChI is InChI=1S/C27H28ClN3O5S/c1-27(2,3)16-5-10-20-22(12-16)37-26(23(20)25(33)30-18-8-6-17(28)7-9-18)29-14-15-11-19(31(34)35)13-21(36-4)24(15)32/h6-9,11,13-14,16,32H,5,10,12H2,1-4H3,(H,30,33)/t16-/m0/s1. The van der Waals surface area contributed by atoms with Crippen LogP contribution in [-0.4, -0.2) is 29.3 Å². The third kappa shape index (κ3) is 5.78. The Morgan fingerprint density at radius 2 is 2.00 bits per heavy atom. The van der Waals surface area contributed by atoms with E-state index in [0.29, 0.717) is 27.2 Å². The number of nitro groups is 1. The number of carbonyl (C=O) groups is 1. The first-order valence-electron chi connectivity index (χ1n) is 11.8. The van der Waals surface area contributed by atoms with Crippen molar-refractivity contribution in [2.75, 3.05) is 12.4 Å². The maximum absolute atomic E-state index is 13.5. The van der Waals surface area contributed by atoms with Gasteiger partial charge in [-0.2, -0.15) is 0 Å². The number of carbonyl (C=O) groups excluding carboxylic acids is 1. The van der Waals surface area contributed by atoms with Gasteiger partial charge in [-0.1, -0.05) is 32.4 Å². The number of phenols is 1. The summed E-state index contributed by atoms with van der Waals surface area (Å²) in [4.78, 5) is 29.9. The zero-order valence-corrected chi connectivity index (χ0v) is 22.6. The molecule has 1 amide bonds. The number of non-ortho nitro benzene ring substituents is 1. The SMILES string of the molecule is COc1cc([N+](=O)[O-])cc(C=Nc2sc3c(c2C(=O)Nc2ccc(Cl)cc2)CC[C@H](C(C)(C)C)C3)c1O. The van der Waals surface area contributed by atoms with Gasteiger partial charge in [-0.25, -0.2) is 4.99 Å². The lowest BCUT2D eigenvalue weighted by Crippen LogP contribution is -2.27. The second-order valence-electron chi connectivity index (χ2n) is 10.1. The normalized spacial score (nSPS) is 15.4. The average Bonchev–Trinajstić information content (AvgIpc) is 3.22. The number of aliphatic imine (C=N–C) groups is 1. The van der Waals surface area contributed by atoms with Crippen LogP contribution >= 0.6 is 22.9 Å². The molecule has 194 valence electrons. The van der Waals surface area contributed by atoms with Crippen LogP contribution in [0.15, 0.2) is 41.4 Å². The van der Waals surface area contributed by atoms with Crippen LogP contribution in [0.5, 0.6) is 11.5 Å². The number of methoxy groups -OCH3 is 1. The molecule has 8 nitrogen and oxygen atoms in total. The minimum Gasteiger partial charge on any atom is -0.504 e. The van der Waals surface area contributed by atoms with Gasteiger partial charge in [0.2, 0.25) is 0 Å². The molecule has 1 aromatic heterocycles. The van der Waals surface area contributed by atoms with Crippen molar-refractivity contribution in [2.45, 2.75) is 40.0 Å². The number of hydrogen-bond donors (Lipinski definition) is 2. The number of nitrogens with one attached hydrogen (secondary N) is 1. The Labute approximate surface area is 224 Å². The second-order valence-corrected chi connectivity index (χ2v) is 11.6. The first-order chi connectivity index (χ1) is 17.5. The van der Waals surface area contributed by atoms with E-state index in [9.17, 15) is 20.0 Å². The molecule has 0 bridgehead atoms. The van der Waals surface area contributed by atoms with E-state index in [-0.39, 0.29) is 34.1 Å². The molecule has 0 unspecified atom stereocenters. The maximum Gasteiger partial charge on any atom is 0.274 e. The Morgan fingerprint density at radius 3 is 2.62 bits per heavy atom. The molecular weight excluding hydrogens is 514 g/mol. The number of amides is 1. The van der Waals surface area contributed by atoms with Gasteiger partial charge in [0.05, 0.1) is 23.7 Å². The summed E-state index contributed by atoms with van der Waals surface area (Å²) in [6, 6.07) is 9.22. The Bertz CT molecular complexity index is 1380. The number of nitrogens with zero attached hydrogens (tertiary/aromatic N) is 2. The zero-order chi connectivity index (χ0) is 26.9. The van der Waals surface area contributed by atoms with Gasteiger partial charge < -0.3 is 15.2 Å². The summed E-state index contributed by atoms with van der Waals surface area (Å²) in [6.07, 6.45) is 3.89. The quantitative estimate of drug-likeness (QED) is 0.195. The molecule has 0 aliphatic heterocycles. The molecular formula is C27H28ClN3O5S. The fraction of sp³-hybridized carbons (Fsp3) is 0.333. The molecule has 0 saturated carbocycles. The molecule has 37 heavy (non-hydrogen) atoms. The number of aromatic hydroxyl groups is 1. The van der Waals surface area contributed by atoms with Gasteiger partial charge in [0, 0.05) is 33.4 Å². The molecule has 1 aliphatic rings. The summed E-state index contributed by atoms with van der Waals surface area (Å²) in [5.74, 6) is -0.122. The summed E-state index contributed by atoms with van der Waals surface area (Å²) in [6.45, 7) is 6.67. The minimum atomic E-state index is -0.569. The number of thiophene rings is 1. The van der Waals surface area contributed by atoms with Crippen LogP contribution in [-0.2, 0) is 12.8 Å².